The number of hydrogen-bond acceptors (Lipinski definition) is 5. The zero-order chi connectivity index (χ0) is 17.9. The van der Waals surface area contributed by atoms with Crippen LogP contribution in [0.25, 0.3) is 11.0 Å². The van der Waals surface area contributed by atoms with Crippen LogP contribution < -0.4 is 15.0 Å². The van der Waals surface area contributed by atoms with E-state index in [1.165, 1.54) is 18.0 Å². The van der Waals surface area contributed by atoms with Crippen molar-refractivity contribution in [2.45, 2.75) is 11.5 Å². The summed E-state index contributed by atoms with van der Waals surface area (Å²) in [6.45, 7) is 0.918. The van der Waals surface area contributed by atoms with E-state index in [0.29, 0.717) is 0 Å². The van der Waals surface area contributed by atoms with Gasteiger partial charge in [-0.05, 0) is 42.3 Å². The molecule has 1 N–H and O–H groups in total. The second-order valence-corrected chi connectivity index (χ2v) is 6.94. The highest BCUT2D eigenvalue weighted by Gasteiger charge is 2.18. The van der Waals surface area contributed by atoms with Crippen LogP contribution in [0, 0.1) is 0 Å². The van der Waals surface area contributed by atoms with E-state index in [4.69, 9.17) is 0 Å². The number of hydrogen-bond donors (Lipinski definition) is 1. The van der Waals surface area contributed by atoms with Gasteiger partial charge in [0.2, 0.25) is 0 Å². The molecule has 0 spiro atoms. The average Bonchev–Trinajstić information content (AvgIpc) is 3.01. The van der Waals surface area contributed by atoms with Gasteiger partial charge in [-0.15, -0.1) is 0 Å². The highest BCUT2D eigenvalue weighted by Crippen LogP contribution is 2.34. The van der Waals surface area contributed by atoms with Crippen molar-refractivity contribution in [1.29, 1.82) is 0 Å². The third-order valence-electron chi connectivity index (χ3n) is 4.20. The molecule has 1 aliphatic rings. The summed E-state index contributed by atoms with van der Waals surface area (Å²) in [6, 6.07) is 10.6. The number of benzene rings is 1. The molecule has 1 fully saturated rings. The van der Waals surface area contributed by atoms with Crippen LogP contribution in [0.1, 0.15) is 0 Å². The first-order valence-corrected chi connectivity index (χ1v) is 9.13. The lowest BCUT2D eigenvalue weighted by atomic mass is 10.3. The largest absolute Gasteiger partial charge is 0.435 e. The van der Waals surface area contributed by atoms with Crippen molar-refractivity contribution < 1.29 is 13.5 Å². The summed E-state index contributed by atoms with van der Waals surface area (Å²) in [5.41, 5.74) is 3.03. The van der Waals surface area contributed by atoms with Gasteiger partial charge in [0.25, 0.3) is 0 Å². The van der Waals surface area contributed by atoms with Gasteiger partial charge in [-0.3, -0.25) is 8.96 Å². The van der Waals surface area contributed by atoms with Crippen molar-refractivity contribution in [2.24, 2.45) is 0 Å². The van der Waals surface area contributed by atoms with E-state index in [-0.39, 0.29) is 5.75 Å². The van der Waals surface area contributed by atoms with Gasteiger partial charge < -0.3 is 15.0 Å². The molecule has 0 saturated carbocycles. The Labute approximate surface area is 154 Å². The normalized spacial score (nSPS) is 15.0. The molecule has 1 aromatic carbocycles. The molecule has 0 unspecified atom stereocenters. The van der Waals surface area contributed by atoms with E-state index in [9.17, 15) is 8.78 Å². The fraction of sp³-hybridized carbons (Fsp3) is 0.278. The minimum absolute atomic E-state index is 0.155. The van der Waals surface area contributed by atoms with Crippen LogP contribution in [-0.4, -0.2) is 41.7 Å². The second kappa shape index (κ2) is 7.51. The van der Waals surface area contributed by atoms with Crippen molar-refractivity contribution in [3.63, 3.8) is 0 Å². The molecule has 0 aliphatic carbocycles. The summed E-state index contributed by atoms with van der Waals surface area (Å²) in [5, 5.41) is 3.35. The first-order chi connectivity index (χ1) is 12.7. The highest BCUT2D eigenvalue weighted by molar-refractivity contribution is 7.98. The predicted molar refractivity (Wildman–Crippen MR) is 99.1 cm³/mol. The zero-order valence-electron chi connectivity index (χ0n) is 13.9. The van der Waals surface area contributed by atoms with Crippen molar-refractivity contribution in [3.8, 4) is 5.75 Å². The summed E-state index contributed by atoms with van der Waals surface area (Å²) < 4.78 is 31.4. The van der Waals surface area contributed by atoms with E-state index in [0.717, 1.165) is 47.8 Å². The van der Waals surface area contributed by atoms with Crippen molar-refractivity contribution in [3.05, 3.63) is 48.8 Å². The lowest BCUT2D eigenvalue weighted by Gasteiger charge is -2.28. The van der Waals surface area contributed by atoms with Gasteiger partial charge in [-0.1, -0.05) is 6.07 Å². The molecule has 0 bridgehead atoms. The SMILES string of the molecule is FC(F)Oc1cccc(Sn2cc(N3CCNCC3)c3ncccc32)c1. The maximum atomic E-state index is 12.4. The van der Waals surface area contributed by atoms with Gasteiger partial charge in [0.05, 0.1) is 11.2 Å². The number of fused-ring (bicyclic) bond motifs is 1. The Balaban J connectivity index is 1.66. The number of pyridine rings is 1. The van der Waals surface area contributed by atoms with Gasteiger partial charge in [-0.2, -0.15) is 8.78 Å². The Kier molecular flexibility index (Phi) is 4.94. The first kappa shape index (κ1) is 17.1. The van der Waals surface area contributed by atoms with Gasteiger partial charge in [-0.25, -0.2) is 0 Å². The monoisotopic (exact) mass is 376 g/mol. The molecule has 0 amide bonds. The second-order valence-electron chi connectivity index (χ2n) is 5.89. The van der Waals surface area contributed by atoms with Crippen molar-refractivity contribution in [2.75, 3.05) is 31.1 Å². The van der Waals surface area contributed by atoms with Crippen molar-refractivity contribution in [1.82, 2.24) is 14.3 Å². The minimum atomic E-state index is -2.83. The molecule has 3 heterocycles. The van der Waals surface area contributed by atoms with E-state index < -0.39 is 6.61 Å². The Morgan fingerprint density at radius 3 is 2.81 bits per heavy atom. The summed E-state index contributed by atoms with van der Waals surface area (Å²) in [6.07, 6.45) is 3.86. The zero-order valence-corrected chi connectivity index (χ0v) is 14.8. The lowest BCUT2D eigenvalue weighted by Crippen LogP contribution is -2.43. The molecule has 0 atom stereocenters. The van der Waals surface area contributed by atoms with E-state index in [2.05, 4.69) is 26.1 Å². The summed E-state index contributed by atoms with van der Waals surface area (Å²) in [7, 11) is 0. The van der Waals surface area contributed by atoms with E-state index in [1.807, 2.05) is 22.2 Å². The number of ether oxygens (including phenoxy) is 1. The molecular formula is C18H18F2N4OS. The average molecular weight is 376 g/mol. The van der Waals surface area contributed by atoms with Crippen LogP contribution in [0.4, 0.5) is 14.5 Å². The topological polar surface area (TPSA) is 42.3 Å². The van der Waals surface area contributed by atoms with E-state index in [1.54, 1.807) is 18.3 Å². The summed E-state index contributed by atoms with van der Waals surface area (Å²) in [5.74, 6) is 0.155. The number of nitrogens with zero attached hydrogens (tertiary/aromatic N) is 3. The molecule has 1 saturated heterocycles. The molecule has 5 nitrogen and oxygen atoms in total. The Bertz CT molecular complexity index is 896. The fourth-order valence-corrected chi connectivity index (χ4v) is 3.98. The third-order valence-corrected chi connectivity index (χ3v) is 5.16. The molecule has 3 aromatic rings. The molecule has 8 heteroatoms. The quantitative estimate of drug-likeness (QED) is 0.737. The summed E-state index contributed by atoms with van der Waals surface area (Å²) in [4.78, 5) is 7.69. The number of alkyl halides is 2. The van der Waals surface area contributed by atoms with Crippen LogP contribution in [-0.2, 0) is 0 Å². The Morgan fingerprint density at radius 2 is 2.00 bits per heavy atom. The number of rotatable bonds is 5. The molecular weight excluding hydrogens is 358 g/mol. The summed E-state index contributed by atoms with van der Waals surface area (Å²) >= 11 is 1.45. The standard InChI is InChI=1S/C18H18F2N4OS/c19-18(20)25-13-3-1-4-14(11-13)26-24-12-16(23-9-7-21-8-10-23)17-15(24)5-2-6-22-17/h1-6,11-12,18,21H,7-10H2. The van der Waals surface area contributed by atoms with Crippen LogP contribution in [0.2, 0.25) is 0 Å². The number of halogens is 2. The molecule has 26 heavy (non-hydrogen) atoms. The molecule has 0 radical (unpaired) electrons. The Hall–Kier alpha value is -2.32. The Morgan fingerprint density at radius 1 is 1.15 bits per heavy atom. The molecule has 1 aliphatic heterocycles. The van der Waals surface area contributed by atoms with Crippen LogP contribution in [0.15, 0.2) is 53.7 Å². The van der Waals surface area contributed by atoms with Crippen LogP contribution in [0.5, 0.6) is 5.75 Å². The molecule has 136 valence electrons. The third kappa shape index (κ3) is 3.61. The number of nitrogens with one attached hydrogen (secondary N) is 1. The first-order valence-electron chi connectivity index (χ1n) is 8.36. The maximum Gasteiger partial charge on any atom is 0.387 e. The number of aromatic nitrogens is 2. The fourth-order valence-electron chi connectivity index (χ4n) is 3.05. The molecule has 2 aromatic heterocycles. The van der Waals surface area contributed by atoms with Gasteiger partial charge in [0.15, 0.2) is 0 Å². The van der Waals surface area contributed by atoms with Gasteiger partial charge in [0, 0.05) is 43.5 Å². The number of piperazine rings is 1. The van der Waals surface area contributed by atoms with Crippen molar-refractivity contribution >= 4 is 28.7 Å². The highest BCUT2D eigenvalue weighted by atomic mass is 32.2. The lowest BCUT2D eigenvalue weighted by molar-refractivity contribution is -0.0499. The maximum absolute atomic E-state index is 12.4. The minimum Gasteiger partial charge on any atom is -0.435 e. The van der Waals surface area contributed by atoms with Gasteiger partial charge >= 0.3 is 6.61 Å². The predicted octanol–water partition coefficient (Wildman–Crippen LogP) is 3.60. The van der Waals surface area contributed by atoms with E-state index >= 15 is 0 Å². The van der Waals surface area contributed by atoms with Crippen LogP contribution in [0.3, 0.4) is 0 Å². The van der Waals surface area contributed by atoms with Gasteiger partial charge in [0.1, 0.15) is 11.3 Å². The van der Waals surface area contributed by atoms with Crippen LogP contribution >= 0.6 is 11.9 Å². The smallest absolute Gasteiger partial charge is 0.387 e. The molecule has 4 rings (SSSR count). The number of anilines is 1.